The molecule has 0 saturated heterocycles. The van der Waals surface area contributed by atoms with Gasteiger partial charge in [0.2, 0.25) is 0 Å². The first-order chi connectivity index (χ1) is 9.74. The van der Waals surface area contributed by atoms with E-state index in [2.05, 4.69) is 15.8 Å². The summed E-state index contributed by atoms with van der Waals surface area (Å²) in [6.07, 6.45) is -5.12. The molecule has 1 aromatic carbocycles. The highest BCUT2D eigenvalue weighted by Crippen LogP contribution is 2.30. The lowest BCUT2D eigenvalue weighted by molar-refractivity contribution is -0.137. The van der Waals surface area contributed by atoms with Gasteiger partial charge in [-0.25, -0.2) is 9.59 Å². The molecule has 3 N–H and O–H groups in total. The van der Waals surface area contributed by atoms with Gasteiger partial charge in [-0.3, -0.25) is 0 Å². The normalized spacial score (nSPS) is 11.4. The van der Waals surface area contributed by atoms with Crippen LogP contribution >= 0.6 is 0 Å². The zero-order chi connectivity index (χ0) is 16.0. The van der Waals surface area contributed by atoms with Crippen LogP contribution in [-0.4, -0.2) is 12.1 Å². The number of alkyl halides is 3. The van der Waals surface area contributed by atoms with E-state index in [0.29, 0.717) is 0 Å². The summed E-state index contributed by atoms with van der Waals surface area (Å²) < 4.78 is 41.4. The van der Waals surface area contributed by atoms with Crippen molar-refractivity contribution in [3.05, 3.63) is 41.6 Å². The van der Waals surface area contributed by atoms with Gasteiger partial charge < -0.3 is 15.8 Å². The highest BCUT2D eigenvalue weighted by atomic mass is 19.4. The Morgan fingerprint density at radius 1 is 1.38 bits per heavy atom. The lowest BCUT2D eigenvalue weighted by Gasteiger charge is -2.08. The fraction of sp³-hybridized carbons (Fsp3) is 0.0833. The summed E-state index contributed by atoms with van der Waals surface area (Å²) in [6, 6.07) is 5.50. The Labute approximate surface area is 116 Å². The molecule has 0 radical (unpaired) electrons. The molecule has 0 fully saturated rings. The second-order valence-corrected chi connectivity index (χ2v) is 3.60. The molecule has 0 bridgehead atoms. The number of rotatable bonds is 3. The van der Waals surface area contributed by atoms with Gasteiger partial charge in [-0.1, -0.05) is 6.07 Å². The quantitative estimate of drug-likeness (QED) is 0.385. The average Bonchev–Trinajstić information content (AvgIpc) is 2.38. The van der Waals surface area contributed by atoms with Crippen molar-refractivity contribution in [2.75, 3.05) is 5.32 Å². The number of primary amides is 1. The Balaban J connectivity index is 2.90. The van der Waals surface area contributed by atoms with Crippen LogP contribution in [0.5, 0.6) is 0 Å². The van der Waals surface area contributed by atoms with Crippen LogP contribution < -0.4 is 11.1 Å². The van der Waals surface area contributed by atoms with E-state index >= 15 is 0 Å². The van der Waals surface area contributed by atoms with Crippen LogP contribution in [0.2, 0.25) is 0 Å². The molecule has 9 heteroatoms. The maximum Gasteiger partial charge on any atom is 0.416 e. The molecule has 1 rings (SSSR count). The van der Waals surface area contributed by atoms with E-state index in [1.54, 1.807) is 0 Å². The van der Waals surface area contributed by atoms with Gasteiger partial charge >= 0.3 is 18.2 Å². The van der Waals surface area contributed by atoms with Gasteiger partial charge in [0.1, 0.15) is 6.07 Å². The van der Waals surface area contributed by atoms with E-state index in [-0.39, 0.29) is 5.69 Å². The van der Waals surface area contributed by atoms with Crippen LogP contribution in [0, 0.1) is 11.3 Å². The van der Waals surface area contributed by atoms with E-state index < -0.39 is 29.4 Å². The minimum Gasteiger partial charge on any atom is -0.372 e. The van der Waals surface area contributed by atoms with Crippen LogP contribution in [0.25, 0.3) is 0 Å². The molecule has 0 atom stereocenters. The van der Waals surface area contributed by atoms with E-state index in [0.717, 1.165) is 24.4 Å². The summed E-state index contributed by atoms with van der Waals surface area (Å²) in [5.41, 5.74) is 3.05. The van der Waals surface area contributed by atoms with Crippen LogP contribution in [0.3, 0.4) is 0 Å². The van der Waals surface area contributed by atoms with Gasteiger partial charge in [0.25, 0.3) is 0 Å². The van der Waals surface area contributed by atoms with Crippen LogP contribution in [0.15, 0.2) is 36.0 Å². The number of nitriles is 1. The first kappa shape index (κ1) is 16.0. The third-order valence-corrected chi connectivity index (χ3v) is 2.11. The van der Waals surface area contributed by atoms with E-state index in [1.165, 1.54) is 12.1 Å². The van der Waals surface area contributed by atoms with Crippen molar-refractivity contribution >= 4 is 17.7 Å². The smallest absolute Gasteiger partial charge is 0.372 e. The summed E-state index contributed by atoms with van der Waals surface area (Å²) in [4.78, 5) is 21.6. The first-order valence-corrected chi connectivity index (χ1v) is 5.29. The number of ether oxygens (including phenoxy) is 1. The van der Waals surface area contributed by atoms with Crippen molar-refractivity contribution in [1.82, 2.24) is 0 Å². The Morgan fingerprint density at radius 2 is 2.05 bits per heavy atom. The molecule has 1 amide bonds. The molecule has 6 nitrogen and oxygen atoms in total. The Kier molecular flexibility index (Phi) is 4.91. The molecule has 1 aromatic rings. The number of carbonyl (C=O) groups excluding carboxylic acids is 2. The van der Waals surface area contributed by atoms with Crippen molar-refractivity contribution < 1.29 is 27.5 Å². The largest absolute Gasteiger partial charge is 0.416 e. The lowest BCUT2D eigenvalue weighted by Crippen LogP contribution is -2.19. The predicted octanol–water partition coefficient (Wildman–Crippen LogP) is 2.15. The highest BCUT2D eigenvalue weighted by molar-refractivity contribution is 5.98. The SMILES string of the molecule is N#CC(=CNc1cccc(C(F)(F)F)c1)C(=O)OC(N)=O. The summed E-state index contributed by atoms with van der Waals surface area (Å²) in [6.45, 7) is 0. The van der Waals surface area contributed by atoms with E-state index in [4.69, 9.17) is 5.26 Å². The molecule has 0 heterocycles. The molecule has 0 aliphatic rings. The van der Waals surface area contributed by atoms with Gasteiger partial charge in [0.15, 0.2) is 5.57 Å². The first-order valence-electron chi connectivity index (χ1n) is 5.29. The Bertz CT molecular complexity index is 633. The number of hydrogen-bond acceptors (Lipinski definition) is 5. The number of halogens is 3. The van der Waals surface area contributed by atoms with Crippen LogP contribution in [0.4, 0.5) is 23.7 Å². The molecule has 0 unspecified atom stereocenters. The number of carbonyl (C=O) groups is 2. The zero-order valence-corrected chi connectivity index (χ0v) is 10.3. The molecule has 21 heavy (non-hydrogen) atoms. The third-order valence-electron chi connectivity index (χ3n) is 2.11. The van der Waals surface area contributed by atoms with Gasteiger partial charge in [0.05, 0.1) is 5.56 Å². The number of anilines is 1. The third kappa shape index (κ3) is 4.87. The molecule has 110 valence electrons. The van der Waals surface area contributed by atoms with Crippen molar-refractivity contribution in [3.63, 3.8) is 0 Å². The molecule has 0 spiro atoms. The number of nitrogens with two attached hydrogens (primary N) is 1. The molecule has 0 aliphatic carbocycles. The van der Waals surface area contributed by atoms with Gasteiger partial charge in [-0.05, 0) is 18.2 Å². The Hall–Kier alpha value is -3.02. The van der Waals surface area contributed by atoms with Gasteiger partial charge in [-0.2, -0.15) is 18.4 Å². The molecular formula is C12H8F3N3O3. The summed E-state index contributed by atoms with van der Waals surface area (Å²) >= 11 is 0. The van der Waals surface area contributed by atoms with Gasteiger partial charge in [0, 0.05) is 11.9 Å². The second kappa shape index (κ2) is 6.42. The van der Waals surface area contributed by atoms with Crippen LogP contribution in [0.1, 0.15) is 5.56 Å². The minimum absolute atomic E-state index is 0.00977. The van der Waals surface area contributed by atoms with Gasteiger partial charge in [-0.15, -0.1) is 0 Å². The summed E-state index contributed by atoms with van der Waals surface area (Å²) in [7, 11) is 0. The van der Waals surface area contributed by atoms with Crippen molar-refractivity contribution in [1.29, 1.82) is 5.26 Å². The second-order valence-electron chi connectivity index (χ2n) is 3.60. The number of nitrogens with zero attached hydrogens (tertiary/aromatic N) is 1. The molecular weight excluding hydrogens is 291 g/mol. The number of esters is 1. The topological polar surface area (TPSA) is 105 Å². The average molecular weight is 299 g/mol. The predicted molar refractivity (Wildman–Crippen MR) is 64.4 cm³/mol. The fourth-order valence-electron chi connectivity index (χ4n) is 1.22. The standard InChI is InChI=1S/C12H8F3N3O3/c13-12(14,15)8-2-1-3-9(4-8)18-6-7(5-16)10(19)21-11(17)20/h1-4,6,18H,(H2,17,20). The molecule has 0 saturated carbocycles. The number of nitrogens with one attached hydrogen (secondary N) is 1. The van der Waals surface area contributed by atoms with E-state index in [9.17, 15) is 22.8 Å². The monoisotopic (exact) mass is 299 g/mol. The summed E-state index contributed by atoms with van der Waals surface area (Å²) in [5.74, 6) is -1.32. The van der Waals surface area contributed by atoms with Crippen molar-refractivity contribution in [3.8, 4) is 6.07 Å². The van der Waals surface area contributed by atoms with E-state index in [1.807, 2.05) is 0 Å². The van der Waals surface area contributed by atoms with Crippen molar-refractivity contribution in [2.45, 2.75) is 6.18 Å². The van der Waals surface area contributed by atoms with Crippen LogP contribution in [-0.2, 0) is 15.7 Å². The van der Waals surface area contributed by atoms with Crippen molar-refractivity contribution in [2.24, 2.45) is 5.73 Å². The summed E-state index contributed by atoms with van der Waals surface area (Å²) in [5, 5.41) is 11.0. The maximum absolute atomic E-state index is 12.5. The number of amides is 1. The number of benzene rings is 1. The lowest BCUT2D eigenvalue weighted by atomic mass is 10.2. The minimum atomic E-state index is -4.52. The zero-order valence-electron chi connectivity index (χ0n) is 10.3. The number of hydrogen-bond donors (Lipinski definition) is 2. The Morgan fingerprint density at radius 3 is 2.57 bits per heavy atom. The highest BCUT2D eigenvalue weighted by Gasteiger charge is 2.30. The maximum atomic E-state index is 12.5. The molecule has 0 aromatic heterocycles. The fourth-order valence-corrected chi connectivity index (χ4v) is 1.22. The molecule has 0 aliphatic heterocycles.